The SMILES string of the molecule is CC(C)(C)C(=O)Nc1cc(Oc2ccc3c(c2)C[C@@H](NC[C@@H](O)c2cccc(Cl)c2)CC3)cc(C(=O)O)c1.Cl. The molecule has 4 rings (SSSR count). The highest BCUT2D eigenvalue weighted by Crippen LogP contribution is 2.31. The molecule has 0 heterocycles. The highest BCUT2D eigenvalue weighted by Gasteiger charge is 2.23. The Kier molecular flexibility index (Phi) is 10.0. The molecule has 0 aliphatic heterocycles. The van der Waals surface area contributed by atoms with E-state index in [0.29, 0.717) is 28.8 Å². The Bertz CT molecular complexity index is 1340. The molecule has 0 radical (unpaired) electrons. The minimum atomic E-state index is -1.11. The third-order valence-electron chi connectivity index (χ3n) is 6.57. The van der Waals surface area contributed by atoms with E-state index in [9.17, 15) is 19.8 Å². The average molecular weight is 574 g/mol. The van der Waals surface area contributed by atoms with Crippen molar-refractivity contribution >= 4 is 41.6 Å². The lowest BCUT2D eigenvalue weighted by atomic mass is 9.88. The number of benzene rings is 3. The van der Waals surface area contributed by atoms with Crippen molar-refractivity contribution in [1.82, 2.24) is 5.32 Å². The number of carboxylic acid groups (broad SMARTS) is 1. The fraction of sp³-hybridized carbons (Fsp3) is 0.333. The number of aryl methyl sites for hydroxylation is 1. The number of aromatic carboxylic acids is 1. The topological polar surface area (TPSA) is 108 Å². The van der Waals surface area contributed by atoms with Crippen LogP contribution in [0.25, 0.3) is 0 Å². The van der Waals surface area contributed by atoms with Gasteiger partial charge in [-0.15, -0.1) is 12.4 Å². The Morgan fingerprint density at radius 2 is 1.82 bits per heavy atom. The average Bonchev–Trinajstić information content (AvgIpc) is 2.86. The van der Waals surface area contributed by atoms with Gasteiger partial charge in [0.1, 0.15) is 11.5 Å². The van der Waals surface area contributed by atoms with Gasteiger partial charge >= 0.3 is 5.97 Å². The Balaban J connectivity index is 0.00000420. The largest absolute Gasteiger partial charge is 0.478 e. The highest BCUT2D eigenvalue weighted by molar-refractivity contribution is 6.30. The number of anilines is 1. The van der Waals surface area contributed by atoms with E-state index >= 15 is 0 Å². The number of amides is 1. The molecule has 1 aliphatic carbocycles. The quantitative estimate of drug-likeness (QED) is 0.248. The van der Waals surface area contributed by atoms with Crippen molar-refractivity contribution in [3.8, 4) is 11.5 Å². The van der Waals surface area contributed by atoms with Crippen LogP contribution in [0.15, 0.2) is 60.7 Å². The van der Waals surface area contributed by atoms with Gasteiger partial charge in [0.2, 0.25) is 5.91 Å². The summed E-state index contributed by atoms with van der Waals surface area (Å²) < 4.78 is 6.06. The summed E-state index contributed by atoms with van der Waals surface area (Å²) in [6.45, 7) is 5.78. The van der Waals surface area contributed by atoms with Crippen LogP contribution in [0.2, 0.25) is 5.02 Å². The molecule has 0 unspecified atom stereocenters. The minimum absolute atomic E-state index is 0. The molecule has 4 N–H and O–H groups in total. The lowest BCUT2D eigenvalue weighted by molar-refractivity contribution is -0.123. The fourth-order valence-corrected chi connectivity index (χ4v) is 4.59. The molecule has 1 amide bonds. The van der Waals surface area contributed by atoms with E-state index in [-0.39, 0.29) is 29.9 Å². The second-order valence-corrected chi connectivity index (χ2v) is 11.1. The summed E-state index contributed by atoms with van der Waals surface area (Å²) in [6.07, 6.45) is 1.97. The number of carboxylic acids is 1. The molecule has 0 saturated heterocycles. The molecule has 0 fully saturated rings. The van der Waals surface area contributed by atoms with E-state index in [1.165, 1.54) is 17.7 Å². The van der Waals surface area contributed by atoms with Crippen molar-refractivity contribution in [2.75, 3.05) is 11.9 Å². The summed E-state index contributed by atoms with van der Waals surface area (Å²) in [5, 5.41) is 27.0. The Labute approximate surface area is 240 Å². The number of aliphatic hydroxyl groups is 1. The van der Waals surface area contributed by atoms with Gasteiger partial charge in [0.25, 0.3) is 0 Å². The van der Waals surface area contributed by atoms with Crippen LogP contribution >= 0.6 is 24.0 Å². The molecule has 0 spiro atoms. The molecule has 0 aromatic heterocycles. The number of carbonyl (C=O) groups excluding carboxylic acids is 1. The number of halogens is 2. The van der Waals surface area contributed by atoms with Gasteiger partial charge in [0, 0.05) is 34.8 Å². The number of rotatable bonds is 8. The van der Waals surface area contributed by atoms with Gasteiger partial charge < -0.3 is 25.6 Å². The molecule has 1 aliphatic rings. The standard InChI is InChI=1S/C30H33ClN2O5.ClH/c1-30(2,3)29(37)33-24-13-21(28(35)36)15-26(16-24)38-25-10-8-18-7-9-23(12-20(18)14-25)32-17-27(34)19-5-4-6-22(31)11-19;/h4-6,8,10-11,13-16,23,27,32,34H,7,9,12,17H2,1-3H3,(H,33,37)(H,35,36);1H/t23-,27+;/m0./s1. The molecular weight excluding hydrogens is 539 g/mol. The molecule has 7 nitrogen and oxygen atoms in total. The number of carbonyl (C=O) groups is 2. The molecular formula is C30H34Cl2N2O5. The minimum Gasteiger partial charge on any atom is -0.478 e. The third kappa shape index (κ3) is 8.19. The normalized spacial score (nSPS) is 15.5. The molecule has 0 saturated carbocycles. The first kappa shape index (κ1) is 30.4. The van der Waals surface area contributed by atoms with Gasteiger partial charge in [-0.05, 0) is 72.4 Å². The summed E-state index contributed by atoms with van der Waals surface area (Å²) in [5.41, 5.74) is 2.90. The van der Waals surface area contributed by atoms with Crippen molar-refractivity contribution in [3.63, 3.8) is 0 Å². The predicted octanol–water partition coefficient (Wildman–Crippen LogP) is 6.42. The Hall–Kier alpha value is -3.10. The van der Waals surface area contributed by atoms with Crippen LogP contribution in [-0.2, 0) is 17.6 Å². The third-order valence-corrected chi connectivity index (χ3v) is 6.80. The van der Waals surface area contributed by atoms with Crippen molar-refractivity contribution in [2.24, 2.45) is 5.41 Å². The molecule has 9 heteroatoms. The van der Waals surface area contributed by atoms with Gasteiger partial charge in [-0.1, -0.05) is 50.6 Å². The Morgan fingerprint density at radius 3 is 2.51 bits per heavy atom. The number of nitrogens with one attached hydrogen (secondary N) is 2. The van der Waals surface area contributed by atoms with Gasteiger partial charge in [-0.25, -0.2) is 4.79 Å². The van der Waals surface area contributed by atoms with Crippen LogP contribution in [0.3, 0.4) is 0 Å². The highest BCUT2D eigenvalue weighted by atomic mass is 35.5. The first-order chi connectivity index (χ1) is 18.0. The van der Waals surface area contributed by atoms with Crippen LogP contribution in [-0.4, -0.2) is 34.7 Å². The molecule has 3 aromatic rings. The first-order valence-corrected chi connectivity index (χ1v) is 13.0. The number of fused-ring (bicyclic) bond motifs is 1. The van der Waals surface area contributed by atoms with Crippen LogP contribution in [0.5, 0.6) is 11.5 Å². The molecule has 0 bridgehead atoms. The fourth-order valence-electron chi connectivity index (χ4n) is 4.39. The van der Waals surface area contributed by atoms with Gasteiger partial charge in [-0.3, -0.25) is 4.79 Å². The van der Waals surface area contributed by atoms with E-state index in [1.807, 2.05) is 30.3 Å². The molecule has 39 heavy (non-hydrogen) atoms. The number of hydrogen-bond donors (Lipinski definition) is 4. The van der Waals surface area contributed by atoms with Crippen LogP contribution in [0.1, 0.15) is 60.3 Å². The predicted molar refractivity (Wildman–Crippen MR) is 155 cm³/mol. The zero-order valence-electron chi connectivity index (χ0n) is 22.2. The summed E-state index contributed by atoms with van der Waals surface area (Å²) in [6, 6.07) is 17.8. The van der Waals surface area contributed by atoms with Crippen LogP contribution in [0.4, 0.5) is 5.69 Å². The van der Waals surface area contributed by atoms with E-state index in [4.69, 9.17) is 16.3 Å². The summed E-state index contributed by atoms with van der Waals surface area (Å²) in [7, 11) is 0. The zero-order chi connectivity index (χ0) is 27.4. The van der Waals surface area contributed by atoms with Gasteiger partial charge in [0.05, 0.1) is 11.7 Å². The van der Waals surface area contributed by atoms with Crippen molar-refractivity contribution in [1.29, 1.82) is 0 Å². The van der Waals surface area contributed by atoms with E-state index in [2.05, 4.69) is 10.6 Å². The summed E-state index contributed by atoms with van der Waals surface area (Å²) in [5.74, 6) is -0.428. The monoisotopic (exact) mass is 572 g/mol. The molecule has 3 aromatic carbocycles. The zero-order valence-corrected chi connectivity index (χ0v) is 23.7. The second-order valence-electron chi connectivity index (χ2n) is 10.7. The van der Waals surface area contributed by atoms with Crippen LogP contribution in [0, 0.1) is 5.41 Å². The maximum atomic E-state index is 12.4. The lowest BCUT2D eigenvalue weighted by Crippen LogP contribution is -2.37. The maximum Gasteiger partial charge on any atom is 0.335 e. The van der Waals surface area contributed by atoms with Gasteiger partial charge in [0.15, 0.2) is 0 Å². The van der Waals surface area contributed by atoms with Crippen LogP contribution < -0.4 is 15.4 Å². The smallest absolute Gasteiger partial charge is 0.335 e. The number of ether oxygens (including phenoxy) is 1. The van der Waals surface area contributed by atoms with Crippen molar-refractivity contribution < 1.29 is 24.5 Å². The second kappa shape index (κ2) is 12.8. The van der Waals surface area contributed by atoms with E-state index in [1.54, 1.807) is 39.0 Å². The molecule has 208 valence electrons. The number of aliphatic hydroxyl groups excluding tert-OH is 1. The summed E-state index contributed by atoms with van der Waals surface area (Å²) in [4.78, 5) is 24.1. The van der Waals surface area contributed by atoms with E-state index in [0.717, 1.165) is 30.4 Å². The number of hydrogen-bond acceptors (Lipinski definition) is 5. The Morgan fingerprint density at radius 1 is 1.05 bits per heavy atom. The van der Waals surface area contributed by atoms with Crippen molar-refractivity contribution in [3.05, 3.63) is 87.9 Å². The maximum absolute atomic E-state index is 12.4. The van der Waals surface area contributed by atoms with E-state index < -0.39 is 17.5 Å². The first-order valence-electron chi connectivity index (χ1n) is 12.6. The van der Waals surface area contributed by atoms with Crippen molar-refractivity contribution in [2.45, 2.75) is 52.2 Å². The lowest BCUT2D eigenvalue weighted by Gasteiger charge is -2.27. The molecule has 2 atom stereocenters. The summed E-state index contributed by atoms with van der Waals surface area (Å²) >= 11 is 6.05. The van der Waals surface area contributed by atoms with Gasteiger partial charge in [-0.2, -0.15) is 0 Å².